The number of aromatic nitrogens is 2. The van der Waals surface area contributed by atoms with Crippen LogP contribution in [0, 0.1) is 0 Å². The van der Waals surface area contributed by atoms with Gasteiger partial charge in [0.2, 0.25) is 6.39 Å². The second kappa shape index (κ2) is 4.54. The maximum absolute atomic E-state index is 10.2. The molecule has 2 N–H and O–H groups in total. The van der Waals surface area contributed by atoms with Gasteiger partial charge in [-0.3, -0.25) is 0 Å². The van der Waals surface area contributed by atoms with Gasteiger partial charge >= 0.3 is 7.82 Å². The van der Waals surface area contributed by atoms with Gasteiger partial charge in [0.15, 0.2) is 5.82 Å². The average Bonchev–Trinajstić information content (AvgIpc) is 2.48. The van der Waals surface area contributed by atoms with Crippen molar-refractivity contribution < 1.29 is 22.8 Å². The minimum absolute atomic E-state index is 0.293. The van der Waals surface area contributed by atoms with Crippen molar-refractivity contribution in [1.29, 1.82) is 0 Å². The van der Waals surface area contributed by atoms with E-state index in [4.69, 9.17) is 9.79 Å². The molecular formula is C4H5N2O5PS. The molecule has 0 aromatic carbocycles. The van der Waals surface area contributed by atoms with Gasteiger partial charge < -0.3 is 14.3 Å². The van der Waals surface area contributed by atoms with E-state index in [1.807, 2.05) is 0 Å². The van der Waals surface area contributed by atoms with Crippen molar-refractivity contribution in [2.75, 3.05) is 0 Å². The van der Waals surface area contributed by atoms with Crippen molar-refractivity contribution in [3.05, 3.63) is 17.6 Å². The number of nitrogens with zero attached hydrogens (tertiary/aromatic N) is 2. The topological polar surface area (TPSA) is 106 Å². The van der Waals surface area contributed by atoms with Gasteiger partial charge in [-0.05, 0) is 6.08 Å². The number of phosphoric acid groups is 1. The third-order valence-corrected chi connectivity index (χ3v) is 2.16. The highest BCUT2D eigenvalue weighted by molar-refractivity contribution is 8.00. The lowest BCUT2D eigenvalue weighted by molar-refractivity contribution is 0.299. The normalized spacial score (nSPS) is 12.5. The van der Waals surface area contributed by atoms with E-state index in [1.165, 1.54) is 11.5 Å². The molecule has 0 aliphatic carbocycles. The highest BCUT2D eigenvalue weighted by atomic mass is 32.2. The maximum Gasteiger partial charge on any atom is 0.481 e. The van der Waals surface area contributed by atoms with E-state index < -0.39 is 7.82 Å². The van der Waals surface area contributed by atoms with Crippen molar-refractivity contribution in [2.45, 2.75) is 0 Å². The molecule has 0 aliphatic rings. The molecule has 0 saturated carbocycles. The molecule has 0 spiro atoms. The molecule has 13 heavy (non-hydrogen) atoms. The van der Waals surface area contributed by atoms with Crippen molar-refractivity contribution in [2.24, 2.45) is 0 Å². The number of hydrogen-bond acceptors (Lipinski definition) is 6. The SMILES string of the molecule is O=P(O)(O)OSC=Cc1ncon1. The Labute approximate surface area is 77.2 Å². The second-order valence-electron chi connectivity index (χ2n) is 1.75. The summed E-state index contributed by atoms with van der Waals surface area (Å²) < 4.78 is 18.6. The predicted molar refractivity (Wildman–Crippen MR) is 44.1 cm³/mol. The van der Waals surface area contributed by atoms with Crippen LogP contribution in [0.1, 0.15) is 5.82 Å². The van der Waals surface area contributed by atoms with Crippen molar-refractivity contribution >= 4 is 25.9 Å². The molecule has 1 rings (SSSR count). The van der Waals surface area contributed by atoms with Gasteiger partial charge in [-0.15, -0.1) is 0 Å². The van der Waals surface area contributed by atoms with E-state index in [0.717, 1.165) is 6.39 Å². The first-order valence-electron chi connectivity index (χ1n) is 2.91. The summed E-state index contributed by atoms with van der Waals surface area (Å²) >= 11 is 0.493. The molecule has 0 bridgehead atoms. The van der Waals surface area contributed by atoms with Gasteiger partial charge in [0.05, 0.1) is 0 Å². The monoisotopic (exact) mass is 224 g/mol. The van der Waals surface area contributed by atoms with E-state index in [-0.39, 0.29) is 0 Å². The van der Waals surface area contributed by atoms with Crippen LogP contribution in [0.4, 0.5) is 0 Å². The Morgan fingerprint density at radius 3 is 3.00 bits per heavy atom. The zero-order valence-electron chi connectivity index (χ0n) is 6.10. The van der Waals surface area contributed by atoms with E-state index >= 15 is 0 Å². The summed E-state index contributed by atoms with van der Waals surface area (Å²) in [6.45, 7) is 0. The maximum atomic E-state index is 10.2. The van der Waals surface area contributed by atoms with Gasteiger partial charge in [-0.1, -0.05) is 5.16 Å². The van der Waals surface area contributed by atoms with Gasteiger partial charge in [0.25, 0.3) is 0 Å². The molecule has 7 nitrogen and oxygen atoms in total. The Kier molecular flexibility index (Phi) is 3.64. The Morgan fingerprint density at radius 2 is 2.46 bits per heavy atom. The molecule has 0 fully saturated rings. The van der Waals surface area contributed by atoms with Crippen molar-refractivity contribution in [3.63, 3.8) is 0 Å². The van der Waals surface area contributed by atoms with Gasteiger partial charge in [0, 0.05) is 17.5 Å². The largest absolute Gasteiger partial charge is 0.481 e. The molecule has 0 aliphatic heterocycles. The van der Waals surface area contributed by atoms with Crippen LogP contribution in [0.15, 0.2) is 16.3 Å². The van der Waals surface area contributed by atoms with Crippen LogP contribution in [0.2, 0.25) is 0 Å². The molecule has 1 aromatic rings. The predicted octanol–water partition coefficient (Wildman–Crippen LogP) is 0.798. The van der Waals surface area contributed by atoms with Crippen LogP contribution >= 0.6 is 19.9 Å². The van der Waals surface area contributed by atoms with E-state index in [2.05, 4.69) is 18.6 Å². The summed E-state index contributed by atoms with van der Waals surface area (Å²) in [5, 5.41) is 4.70. The highest BCUT2D eigenvalue weighted by Gasteiger charge is 2.12. The Bertz CT molecular complexity index is 319. The Hall–Kier alpha value is -0.660. The highest BCUT2D eigenvalue weighted by Crippen LogP contribution is 2.41. The fourth-order valence-corrected chi connectivity index (χ4v) is 1.25. The molecule has 0 saturated heterocycles. The first kappa shape index (κ1) is 10.4. The summed E-state index contributed by atoms with van der Waals surface area (Å²) in [6.07, 6.45) is 2.51. The zero-order valence-corrected chi connectivity index (χ0v) is 7.81. The summed E-state index contributed by atoms with van der Waals surface area (Å²) in [7, 11) is -4.42. The first-order chi connectivity index (χ1) is 6.08. The zero-order chi connectivity index (χ0) is 9.73. The van der Waals surface area contributed by atoms with Crippen LogP contribution in [-0.4, -0.2) is 19.9 Å². The average molecular weight is 224 g/mol. The summed E-state index contributed by atoms with van der Waals surface area (Å²) in [5.74, 6) is 0.293. The van der Waals surface area contributed by atoms with Crippen LogP contribution in [0.25, 0.3) is 6.08 Å². The van der Waals surface area contributed by atoms with Gasteiger partial charge in [0.1, 0.15) is 0 Å². The summed E-state index contributed by atoms with van der Waals surface area (Å²) in [4.78, 5) is 20.1. The summed E-state index contributed by atoms with van der Waals surface area (Å²) in [5.41, 5.74) is 0. The van der Waals surface area contributed by atoms with Crippen LogP contribution in [0.5, 0.6) is 0 Å². The molecule has 0 radical (unpaired) electrons. The second-order valence-corrected chi connectivity index (χ2v) is 3.80. The molecular weight excluding hydrogens is 219 g/mol. The Morgan fingerprint density at radius 1 is 1.69 bits per heavy atom. The van der Waals surface area contributed by atoms with E-state index in [1.54, 1.807) is 0 Å². The molecule has 72 valence electrons. The molecule has 1 heterocycles. The van der Waals surface area contributed by atoms with Crippen molar-refractivity contribution in [1.82, 2.24) is 10.1 Å². The van der Waals surface area contributed by atoms with Crippen LogP contribution < -0.4 is 0 Å². The quantitative estimate of drug-likeness (QED) is 0.571. The smallest absolute Gasteiger partial charge is 0.342 e. The van der Waals surface area contributed by atoms with E-state index in [9.17, 15) is 4.57 Å². The fourth-order valence-electron chi connectivity index (χ4n) is 0.422. The lowest BCUT2D eigenvalue weighted by atomic mass is 10.6. The standard InChI is InChI=1S/C4H5N2O5PS/c7-12(8,9)11-13-2-1-4-5-3-10-6-4/h1-3H,(H2,7,8,9). The first-order valence-corrected chi connectivity index (χ1v) is 5.25. The lowest BCUT2D eigenvalue weighted by Gasteiger charge is -1.97. The molecule has 0 atom stereocenters. The molecule has 0 unspecified atom stereocenters. The number of rotatable bonds is 4. The molecule has 1 aromatic heterocycles. The van der Waals surface area contributed by atoms with Gasteiger partial charge in [-0.2, -0.15) is 4.98 Å². The van der Waals surface area contributed by atoms with Crippen molar-refractivity contribution in [3.8, 4) is 0 Å². The summed E-state index contributed by atoms with van der Waals surface area (Å²) in [6, 6.07) is 0. The van der Waals surface area contributed by atoms with Gasteiger partial charge in [-0.25, -0.2) is 8.54 Å². The Balaban J connectivity index is 2.31. The molecule has 0 amide bonds. The third kappa shape index (κ3) is 4.81. The minimum atomic E-state index is -4.42. The van der Waals surface area contributed by atoms with Crippen LogP contribution in [-0.2, 0) is 8.54 Å². The van der Waals surface area contributed by atoms with Crippen LogP contribution in [0.3, 0.4) is 0 Å². The third-order valence-electron chi connectivity index (χ3n) is 0.791. The van der Waals surface area contributed by atoms with E-state index in [0.29, 0.717) is 17.9 Å². The minimum Gasteiger partial charge on any atom is -0.342 e. The fraction of sp³-hybridized carbons (Fsp3) is 0. The number of hydrogen-bond donors (Lipinski definition) is 2. The lowest BCUT2D eigenvalue weighted by Crippen LogP contribution is -1.75. The molecule has 9 heteroatoms.